The van der Waals surface area contributed by atoms with Gasteiger partial charge in [0, 0.05) is 13.6 Å². The lowest BCUT2D eigenvalue weighted by Crippen LogP contribution is -2.33. The highest BCUT2D eigenvalue weighted by atomic mass is 16.5. The lowest BCUT2D eigenvalue weighted by atomic mass is 9.86. The van der Waals surface area contributed by atoms with Crippen LogP contribution in [0.4, 0.5) is 0 Å². The van der Waals surface area contributed by atoms with E-state index >= 15 is 0 Å². The van der Waals surface area contributed by atoms with E-state index in [1.54, 1.807) is 11.9 Å². The number of benzene rings is 1. The van der Waals surface area contributed by atoms with Crippen molar-refractivity contribution in [1.29, 1.82) is 0 Å². The predicted octanol–water partition coefficient (Wildman–Crippen LogP) is 2.17. The van der Waals surface area contributed by atoms with Gasteiger partial charge in [-0.05, 0) is 30.0 Å². The molecule has 0 aromatic heterocycles. The Kier molecular flexibility index (Phi) is 6.02. The highest BCUT2D eigenvalue weighted by Gasteiger charge is 2.19. The van der Waals surface area contributed by atoms with Crippen LogP contribution in [0, 0.1) is 0 Å². The Labute approximate surface area is 121 Å². The maximum Gasteiger partial charge on any atom is 0.260 e. The maximum absolute atomic E-state index is 11.9. The van der Waals surface area contributed by atoms with E-state index in [1.165, 1.54) is 0 Å². The molecule has 0 fully saturated rings. The first-order chi connectivity index (χ1) is 9.36. The van der Waals surface area contributed by atoms with Crippen molar-refractivity contribution in [3.05, 3.63) is 29.8 Å². The minimum absolute atomic E-state index is 0.00884. The summed E-state index contributed by atoms with van der Waals surface area (Å²) in [5.41, 5.74) is 6.54. The summed E-state index contributed by atoms with van der Waals surface area (Å²) >= 11 is 0. The monoisotopic (exact) mass is 278 g/mol. The number of nitrogens with two attached hydrogens (primary N) is 1. The quantitative estimate of drug-likeness (QED) is 0.867. The second-order valence-electron chi connectivity index (χ2n) is 5.99. The predicted molar refractivity (Wildman–Crippen MR) is 81.9 cm³/mol. The normalized spacial score (nSPS) is 11.2. The molecule has 4 nitrogen and oxygen atoms in total. The molecule has 0 spiro atoms. The van der Waals surface area contributed by atoms with E-state index in [2.05, 4.69) is 20.8 Å². The maximum atomic E-state index is 11.9. The Hall–Kier alpha value is -1.55. The van der Waals surface area contributed by atoms with Gasteiger partial charge < -0.3 is 15.4 Å². The molecule has 0 radical (unpaired) electrons. The number of carbonyl (C=O) groups excluding carboxylic acids is 1. The standard InChI is InChI=1S/C16H26N2O2/c1-16(2,3)13-8-5-6-9-14(13)20-12-15(19)18(4)11-7-10-17/h5-6,8-9H,7,10-12,17H2,1-4H3. The Morgan fingerprint density at radius 2 is 1.95 bits per heavy atom. The summed E-state index contributed by atoms with van der Waals surface area (Å²) in [6.07, 6.45) is 0.806. The molecule has 0 aliphatic rings. The summed E-state index contributed by atoms with van der Waals surface area (Å²) in [6.45, 7) is 7.71. The SMILES string of the molecule is CN(CCCN)C(=O)COc1ccccc1C(C)(C)C. The molecular formula is C16H26N2O2. The number of hydrogen-bond acceptors (Lipinski definition) is 3. The Morgan fingerprint density at radius 3 is 2.55 bits per heavy atom. The third-order valence-electron chi connectivity index (χ3n) is 3.17. The van der Waals surface area contributed by atoms with E-state index in [-0.39, 0.29) is 17.9 Å². The van der Waals surface area contributed by atoms with Crippen molar-refractivity contribution >= 4 is 5.91 Å². The topological polar surface area (TPSA) is 55.6 Å². The summed E-state index contributed by atoms with van der Waals surface area (Å²) in [5.74, 6) is 0.753. The van der Waals surface area contributed by atoms with Crippen molar-refractivity contribution in [3.8, 4) is 5.75 Å². The summed E-state index contributed by atoms with van der Waals surface area (Å²) in [6, 6.07) is 7.86. The third-order valence-corrected chi connectivity index (χ3v) is 3.17. The van der Waals surface area contributed by atoms with Crippen molar-refractivity contribution in [2.75, 3.05) is 26.7 Å². The van der Waals surface area contributed by atoms with E-state index in [4.69, 9.17) is 10.5 Å². The van der Waals surface area contributed by atoms with Gasteiger partial charge in [0.15, 0.2) is 6.61 Å². The van der Waals surface area contributed by atoms with Gasteiger partial charge >= 0.3 is 0 Å². The van der Waals surface area contributed by atoms with Gasteiger partial charge in [-0.2, -0.15) is 0 Å². The zero-order valence-corrected chi connectivity index (χ0v) is 13.0. The Bertz CT molecular complexity index is 438. The molecule has 0 atom stereocenters. The molecule has 0 heterocycles. The van der Waals surface area contributed by atoms with E-state index in [0.29, 0.717) is 13.1 Å². The van der Waals surface area contributed by atoms with Crippen molar-refractivity contribution in [2.24, 2.45) is 5.73 Å². The lowest BCUT2D eigenvalue weighted by molar-refractivity contribution is -0.132. The van der Waals surface area contributed by atoms with Crippen LogP contribution in [0.3, 0.4) is 0 Å². The van der Waals surface area contributed by atoms with Crippen LogP contribution in [-0.2, 0) is 10.2 Å². The van der Waals surface area contributed by atoms with E-state index in [1.807, 2.05) is 24.3 Å². The van der Waals surface area contributed by atoms with Gasteiger partial charge in [0.1, 0.15) is 5.75 Å². The minimum Gasteiger partial charge on any atom is -0.483 e. The molecule has 0 saturated heterocycles. The lowest BCUT2D eigenvalue weighted by Gasteiger charge is -2.23. The van der Waals surface area contributed by atoms with Gasteiger partial charge in [0.2, 0.25) is 0 Å². The van der Waals surface area contributed by atoms with Crippen LogP contribution in [0.1, 0.15) is 32.8 Å². The van der Waals surface area contributed by atoms with Crippen molar-refractivity contribution in [1.82, 2.24) is 4.90 Å². The smallest absolute Gasteiger partial charge is 0.260 e. The largest absolute Gasteiger partial charge is 0.483 e. The summed E-state index contributed by atoms with van der Waals surface area (Å²) < 4.78 is 5.70. The summed E-state index contributed by atoms with van der Waals surface area (Å²) in [5, 5.41) is 0. The molecule has 0 bridgehead atoms. The molecule has 2 N–H and O–H groups in total. The van der Waals surface area contributed by atoms with Gasteiger partial charge in [-0.25, -0.2) is 0 Å². The van der Waals surface area contributed by atoms with Gasteiger partial charge in [0.05, 0.1) is 0 Å². The molecule has 20 heavy (non-hydrogen) atoms. The first-order valence-corrected chi connectivity index (χ1v) is 7.02. The van der Waals surface area contributed by atoms with Crippen molar-refractivity contribution in [3.63, 3.8) is 0 Å². The van der Waals surface area contributed by atoms with Gasteiger partial charge in [-0.3, -0.25) is 4.79 Å². The average molecular weight is 278 g/mol. The summed E-state index contributed by atoms with van der Waals surface area (Å²) in [4.78, 5) is 13.6. The fourth-order valence-corrected chi connectivity index (χ4v) is 1.91. The molecule has 1 aromatic carbocycles. The molecule has 0 aliphatic carbocycles. The molecular weight excluding hydrogens is 252 g/mol. The molecule has 0 unspecified atom stereocenters. The summed E-state index contributed by atoms with van der Waals surface area (Å²) in [7, 11) is 1.77. The Balaban J connectivity index is 2.64. The van der Waals surface area contributed by atoms with Crippen LogP contribution in [-0.4, -0.2) is 37.6 Å². The fraction of sp³-hybridized carbons (Fsp3) is 0.562. The number of nitrogens with zero attached hydrogens (tertiary/aromatic N) is 1. The van der Waals surface area contributed by atoms with Gasteiger partial charge in [0.25, 0.3) is 5.91 Å². The number of hydrogen-bond donors (Lipinski definition) is 1. The zero-order chi connectivity index (χ0) is 15.2. The number of carbonyl (C=O) groups is 1. The van der Waals surface area contributed by atoms with Crippen LogP contribution in [0.2, 0.25) is 0 Å². The Morgan fingerprint density at radius 1 is 1.30 bits per heavy atom. The van der Waals surface area contributed by atoms with Gasteiger partial charge in [-0.1, -0.05) is 39.0 Å². The number of rotatable bonds is 6. The highest BCUT2D eigenvalue weighted by Crippen LogP contribution is 2.30. The fourth-order valence-electron chi connectivity index (χ4n) is 1.91. The van der Waals surface area contributed by atoms with E-state index in [0.717, 1.165) is 17.7 Å². The van der Waals surface area contributed by atoms with Crippen molar-refractivity contribution in [2.45, 2.75) is 32.6 Å². The van der Waals surface area contributed by atoms with E-state index < -0.39 is 0 Å². The molecule has 0 aliphatic heterocycles. The molecule has 4 heteroatoms. The van der Waals surface area contributed by atoms with Crippen LogP contribution in [0.15, 0.2) is 24.3 Å². The highest BCUT2D eigenvalue weighted by molar-refractivity contribution is 5.77. The number of likely N-dealkylation sites (N-methyl/N-ethyl adjacent to an activating group) is 1. The third kappa shape index (κ3) is 4.85. The van der Waals surface area contributed by atoms with Crippen molar-refractivity contribution < 1.29 is 9.53 Å². The molecule has 1 rings (SSSR count). The molecule has 1 amide bonds. The van der Waals surface area contributed by atoms with Crippen LogP contribution >= 0.6 is 0 Å². The second kappa shape index (κ2) is 7.29. The zero-order valence-electron chi connectivity index (χ0n) is 13.0. The van der Waals surface area contributed by atoms with Gasteiger partial charge in [-0.15, -0.1) is 0 Å². The van der Waals surface area contributed by atoms with E-state index in [9.17, 15) is 4.79 Å². The molecule has 1 aromatic rings. The van der Waals surface area contributed by atoms with Crippen LogP contribution < -0.4 is 10.5 Å². The van der Waals surface area contributed by atoms with Crippen LogP contribution in [0.5, 0.6) is 5.75 Å². The number of para-hydroxylation sites is 1. The second-order valence-corrected chi connectivity index (χ2v) is 5.99. The first kappa shape index (κ1) is 16.5. The minimum atomic E-state index is -0.0258. The number of amides is 1. The molecule has 0 saturated carbocycles. The number of ether oxygens (including phenoxy) is 1. The molecule has 112 valence electrons. The first-order valence-electron chi connectivity index (χ1n) is 7.02. The average Bonchev–Trinajstić information content (AvgIpc) is 2.41. The van der Waals surface area contributed by atoms with Crippen LogP contribution in [0.25, 0.3) is 0 Å².